The monoisotopic (exact) mass is 272 g/mol. The number of benzene rings is 1. The first-order chi connectivity index (χ1) is 9.63. The maximum atomic E-state index is 12.4. The van der Waals surface area contributed by atoms with E-state index in [0.717, 1.165) is 12.0 Å². The number of nitrogens with zero attached hydrogens (tertiary/aromatic N) is 2. The highest BCUT2D eigenvalue weighted by atomic mass is 16.5. The average molecular weight is 272 g/mol. The van der Waals surface area contributed by atoms with E-state index in [-0.39, 0.29) is 18.1 Å². The minimum atomic E-state index is 0.0997. The Balaban J connectivity index is 2.03. The van der Waals surface area contributed by atoms with Gasteiger partial charge in [-0.15, -0.1) is 0 Å². The number of hydrogen-bond donors (Lipinski definition) is 0. The molecular formula is C16H20N2O2. The fraction of sp³-hybridized carbons (Fsp3) is 0.500. The second kappa shape index (κ2) is 6.53. The number of carbonyl (C=O) groups is 1. The van der Waals surface area contributed by atoms with Gasteiger partial charge in [0.15, 0.2) is 0 Å². The molecule has 1 aliphatic heterocycles. The van der Waals surface area contributed by atoms with E-state index < -0.39 is 0 Å². The van der Waals surface area contributed by atoms with E-state index in [4.69, 9.17) is 10.00 Å². The molecule has 2 rings (SSSR count). The molecule has 1 amide bonds. The summed E-state index contributed by atoms with van der Waals surface area (Å²) in [6.07, 6.45) is 1.39. The lowest BCUT2D eigenvalue weighted by molar-refractivity contribution is -0.143. The van der Waals surface area contributed by atoms with Crippen molar-refractivity contribution in [1.29, 1.82) is 5.26 Å². The molecule has 0 spiro atoms. The molecule has 0 saturated carbocycles. The maximum Gasteiger partial charge on any atom is 0.227 e. The summed E-state index contributed by atoms with van der Waals surface area (Å²) in [5.41, 5.74) is 1.57. The summed E-state index contributed by atoms with van der Waals surface area (Å²) in [4.78, 5) is 14.4. The van der Waals surface area contributed by atoms with Crippen LogP contribution >= 0.6 is 0 Å². The molecule has 1 aromatic carbocycles. The van der Waals surface area contributed by atoms with Crippen molar-refractivity contribution in [3.8, 4) is 6.07 Å². The Hall–Kier alpha value is -1.86. The van der Waals surface area contributed by atoms with Crippen LogP contribution in [0.3, 0.4) is 0 Å². The third-order valence-electron chi connectivity index (χ3n) is 3.70. The van der Waals surface area contributed by atoms with Crippen molar-refractivity contribution >= 4 is 5.91 Å². The second-order valence-corrected chi connectivity index (χ2v) is 5.24. The Morgan fingerprint density at radius 2 is 2.15 bits per heavy atom. The molecule has 1 aromatic rings. The topological polar surface area (TPSA) is 53.3 Å². The van der Waals surface area contributed by atoms with Crippen LogP contribution in [0.25, 0.3) is 0 Å². The molecule has 1 aliphatic rings. The van der Waals surface area contributed by atoms with Crippen LogP contribution in [0.4, 0.5) is 0 Å². The van der Waals surface area contributed by atoms with Gasteiger partial charge in [0, 0.05) is 6.54 Å². The van der Waals surface area contributed by atoms with Crippen LogP contribution in [0, 0.1) is 11.3 Å². The zero-order valence-corrected chi connectivity index (χ0v) is 12.0. The molecule has 2 unspecified atom stereocenters. The molecule has 4 heteroatoms. The van der Waals surface area contributed by atoms with Crippen LogP contribution in [0.1, 0.15) is 31.4 Å². The molecule has 106 valence electrons. The van der Waals surface area contributed by atoms with E-state index in [1.807, 2.05) is 24.0 Å². The van der Waals surface area contributed by atoms with Gasteiger partial charge in [-0.25, -0.2) is 0 Å². The lowest BCUT2D eigenvalue weighted by Crippen LogP contribution is -2.51. The van der Waals surface area contributed by atoms with Crippen LogP contribution in [-0.2, 0) is 16.0 Å². The molecule has 1 fully saturated rings. The number of rotatable bonds is 3. The maximum absolute atomic E-state index is 12.4. The summed E-state index contributed by atoms with van der Waals surface area (Å²) >= 11 is 0. The number of amides is 1. The zero-order valence-electron chi connectivity index (χ0n) is 12.0. The lowest BCUT2D eigenvalue weighted by atomic mass is 10.1. The summed E-state index contributed by atoms with van der Waals surface area (Å²) < 4.78 is 5.61. The van der Waals surface area contributed by atoms with Gasteiger partial charge in [0.2, 0.25) is 5.91 Å². The van der Waals surface area contributed by atoms with Gasteiger partial charge in [-0.2, -0.15) is 5.26 Å². The van der Waals surface area contributed by atoms with Gasteiger partial charge in [-0.05, 0) is 31.0 Å². The van der Waals surface area contributed by atoms with Crippen LogP contribution in [0.5, 0.6) is 0 Å². The molecule has 0 N–H and O–H groups in total. The molecule has 0 bridgehead atoms. The summed E-state index contributed by atoms with van der Waals surface area (Å²) in [5.74, 6) is 0.136. The van der Waals surface area contributed by atoms with Gasteiger partial charge in [0.1, 0.15) is 0 Å². The first-order valence-corrected chi connectivity index (χ1v) is 7.04. The Morgan fingerprint density at radius 3 is 2.75 bits per heavy atom. The normalized spacial score (nSPS) is 22.4. The van der Waals surface area contributed by atoms with Crippen LogP contribution < -0.4 is 0 Å². The lowest BCUT2D eigenvalue weighted by Gasteiger charge is -2.38. The van der Waals surface area contributed by atoms with E-state index in [9.17, 15) is 4.79 Å². The first kappa shape index (κ1) is 14.5. The van der Waals surface area contributed by atoms with E-state index in [1.54, 1.807) is 12.1 Å². The predicted molar refractivity (Wildman–Crippen MR) is 76.1 cm³/mol. The van der Waals surface area contributed by atoms with Crippen LogP contribution in [0.15, 0.2) is 24.3 Å². The van der Waals surface area contributed by atoms with Crippen molar-refractivity contribution < 1.29 is 9.53 Å². The van der Waals surface area contributed by atoms with E-state index in [2.05, 4.69) is 13.0 Å². The molecule has 0 radical (unpaired) electrons. The molecule has 0 aliphatic carbocycles. The number of nitriles is 1. The largest absolute Gasteiger partial charge is 0.375 e. The number of hydrogen-bond acceptors (Lipinski definition) is 3. The van der Waals surface area contributed by atoms with Crippen molar-refractivity contribution in [3.63, 3.8) is 0 Å². The fourth-order valence-corrected chi connectivity index (χ4v) is 2.46. The molecule has 20 heavy (non-hydrogen) atoms. The SMILES string of the molecule is CCC1COC(C)CN1C(=O)Cc1ccc(C#N)cc1. The van der Waals surface area contributed by atoms with Gasteiger partial charge < -0.3 is 9.64 Å². The smallest absolute Gasteiger partial charge is 0.227 e. The highest BCUT2D eigenvalue weighted by molar-refractivity contribution is 5.79. The third-order valence-corrected chi connectivity index (χ3v) is 3.70. The van der Waals surface area contributed by atoms with Crippen LogP contribution in [-0.4, -0.2) is 36.1 Å². The van der Waals surface area contributed by atoms with Crippen molar-refractivity contribution in [3.05, 3.63) is 35.4 Å². The van der Waals surface area contributed by atoms with Gasteiger partial charge in [-0.1, -0.05) is 19.1 Å². The second-order valence-electron chi connectivity index (χ2n) is 5.24. The van der Waals surface area contributed by atoms with Crippen molar-refractivity contribution in [2.75, 3.05) is 13.2 Å². The molecule has 0 aromatic heterocycles. The van der Waals surface area contributed by atoms with Gasteiger partial charge in [0.25, 0.3) is 0 Å². The quantitative estimate of drug-likeness (QED) is 0.847. The predicted octanol–water partition coefficient (Wildman–Crippen LogP) is 2.13. The molecule has 2 atom stereocenters. The fourth-order valence-electron chi connectivity index (χ4n) is 2.46. The minimum Gasteiger partial charge on any atom is -0.375 e. The number of ether oxygens (including phenoxy) is 1. The Kier molecular flexibility index (Phi) is 4.75. The van der Waals surface area contributed by atoms with E-state index in [1.165, 1.54) is 0 Å². The van der Waals surface area contributed by atoms with Gasteiger partial charge in [0.05, 0.1) is 36.8 Å². The third kappa shape index (κ3) is 3.37. The average Bonchev–Trinajstić information content (AvgIpc) is 2.48. The highest BCUT2D eigenvalue weighted by Crippen LogP contribution is 2.16. The summed E-state index contributed by atoms with van der Waals surface area (Å²) in [5, 5.41) is 8.77. The molecule has 4 nitrogen and oxygen atoms in total. The molecular weight excluding hydrogens is 252 g/mol. The molecule has 1 heterocycles. The van der Waals surface area contributed by atoms with E-state index in [0.29, 0.717) is 25.1 Å². The summed E-state index contributed by atoms with van der Waals surface area (Å²) in [7, 11) is 0. The Labute approximate surface area is 120 Å². The minimum absolute atomic E-state index is 0.0997. The number of morpholine rings is 1. The Bertz CT molecular complexity index is 504. The summed E-state index contributed by atoms with van der Waals surface area (Å²) in [6, 6.07) is 9.46. The molecule has 1 saturated heterocycles. The van der Waals surface area contributed by atoms with Gasteiger partial charge in [-0.3, -0.25) is 4.79 Å². The highest BCUT2D eigenvalue weighted by Gasteiger charge is 2.29. The van der Waals surface area contributed by atoms with E-state index >= 15 is 0 Å². The van der Waals surface area contributed by atoms with Crippen molar-refractivity contribution in [1.82, 2.24) is 4.90 Å². The standard InChI is InChI=1S/C16H20N2O2/c1-3-15-11-20-12(2)10-18(15)16(19)8-13-4-6-14(9-17)7-5-13/h4-7,12,15H,3,8,10-11H2,1-2H3. The van der Waals surface area contributed by atoms with Crippen molar-refractivity contribution in [2.24, 2.45) is 0 Å². The summed E-state index contributed by atoms with van der Waals surface area (Å²) in [6.45, 7) is 5.35. The van der Waals surface area contributed by atoms with Gasteiger partial charge >= 0.3 is 0 Å². The van der Waals surface area contributed by atoms with Crippen molar-refractivity contribution in [2.45, 2.75) is 38.8 Å². The number of carbonyl (C=O) groups excluding carboxylic acids is 1. The zero-order chi connectivity index (χ0) is 14.5. The van der Waals surface area contributed by atoms with Crippen LogP contribution in [0.2, 0.25) is 0 Å². The Morgan fingerprint density at radius 1 is 1.45 bits per heavy atom. The first-order valence-electron chi connectivity index (χ1n) is 7.04.